The fourth-order valence-corrected chi connectivity index (χ4v) is 6.38. The van der Waals surface area contributed by atoms with Crippen molar-refractivity contribution in [3.05, 3.63) is 124 Å². The van der Waals surface area contributed by atoms with E-state index in [4.69, 9.17) is 9.84 Å². The van der Waals surface area contributed by atoms with Crippen LogP contribution in [0, 0.1) is 5.82 Å². The van der Waals surface area contributed by atoms with Crippen LogP contribution in [0.25, 0.3) is 5.69 Å². The summed E-state index contributed by atoms with van der Waals surface area (Å²) >= 11 is 2.80. The first-order valence-corrected chi connectivity index (χ1v) is 15.6. The van der Waals surface area contributed by atoms with E-state index in [1.165, 1.54) is 28.9 Å². The van der Waals surface area contributed by atoms with E-state index in [0.29, 0.717) is 28.7 Å². The third-order valence-electron chi connectivity index (χ3n) is 7.00. The molecule has 0 saturated heterocycles. The summed E-state index contributed by atoms with van der Waals surface area (Å²) in [7, 11) is 1.55. The second-order valence-electron chi connectivity index (χ2n) is 9.81. The molecule has 2 amide bonds. The van der Waals surface area contributed by atoms with Crippen LogP contribution in [0.5, 0.6) is 5.75 Å². The second-order valence-corrected chi connectivity index (χ2v) is 11.7. The van der Waals surface area contributed by atoms with Gasteiger partial charge in [-0.15, -0.1) is 21.5 Å². The van der Waals surface area contributed by atoms with E-state index in [0.717, 1.165) is 21.8 Å². The topological polar surface area (TPSA) is 102 Å². The molecule has 0 bridgehead atoms. The number of hydrogen-bond acceptors (Lipinski definition) is 8. The number of amides is 2. The van der Waals surface area contributed by atoms with Crippen molar-refractivity contribution in [1.29, 1.82) is 0 Å². The number of rotatable bonds is 10. The van der Waals surface area contributed by atoms with E-state index in [1.807, 2.05) is 52.4 Å². The van der Waals surface area contributed by atoms with Gasteiger partial charge in [0.25, 0.3) is 11.8 Å². The standard InChI is InChI=1S/C32H27FN6O3S2/c1-42-25-10-5-7-22(17-25)31(41)34-19-29-35-36-32(38(29)24-8-3-2-4-9-24)44-20-30(40)39-27(21-12-14-23(33)15-13-21)18-26(37-39)28-11-6-16-43-28/h2-17,27H,18-20H2,1H3,(H,34,41)/t27-/m0/s1. The van der Waals surface area contributed by atoms with E-state index >= 15 is 0 Å². The van der Waals surface area contributed by atoms with Crippen molar-refractivity contribution < 1.29 is 18.7 Å². The van der Waals surface area contributed by atoms with E-state index in [1.54, 1.807) is 54.8 Å². The molecule has 1 atom stereocenters. The van der Waals surface area contributed by atoms with Gasteiger partial charge >= 0.3 is 0 Å². The number of aromatic nitrogens is 3. The third-order valence-corrected chi connectivity index (χ3v) is 8.84. The maximum Gasteiger partial charge on any atom is 0.253 e. The number of halogens is 1. The normalized spacial score (nSPS) is 14.4. The first kappa shape index (κ1) is 29.3. The van der Waals surface area contributed by atoms with Crippen molar-refractivity contribution in [3.8, 4) is 11.4 Å². The number of para-hydroxylation sites is 1. The number of thioether (sulfide) groups is 1. The van der Waals surface area contributed by atoms with Crippen LogP contribution in [-0.2, 0) is 11.3 Å². The summed E-state index contributed by atoms with van der Waals surface area (Å²) in [6, 6.07) is 26.1. The highest BCUT2D eigenvalue weighted by Gasteiger charge is 2.33. The van der Waals surface area contributed by atoms with Crippen molar-refractivity contribution >= 4 is 40.6 Å². The fraction of sp³-hybridized carbons (Fsp3) is 0.156. The lowest BCUT2D eigenvalue weighted by molar-refractivity contribution is -0.130. The Kier molecular flexibility index (Phi) is 8.80. The lowest BCUT2D eigenvalue weighted by atomic mass is 10.0. The first-order valence-electron chi connectivity index (χ1n) is 13.7. The molecule has 1 N–H and O–H groups in total. The summed E-state index contributed by atoms with van der Waals surface area (Å²) < 4.78 is 20.7. The zero-order chi connectivity index (χ0) is 30.5. The van der Waals surface area contributed by atoms with Gasteiger partial charge in [-0.05, 0) is 59.5 Å². The quantitative estimate of drug-likeness (QED) is 0.195. The number of nitrogens with zero attached hydrogens (tertiary/aromatic N) is 5. The van der Waals surface area contributed by atoms with Crippen LogP contribution in [0.4, 0.5) is 4.39 Å². The van der Waals surface area contributed by atoms with Crippen LogP contribution >= 0.6 is 23.1 Å². The molecule has 222 valence electrons. The summed E-state index contributed by atoms with van der Waals surface area (Å²) in [5.74, 6) is 0.295. The summed E-state index contributed by atoms with van der Waals surface area (Å²) in [4.78, 5) is 27.5. The molecule has 5 aromatic rings. The van der Waals surface area contributed by atoms with Gasteiger partial charge in [0.15, 0.2) is 11.0 Å². The molecule has 0 spiro atoms. The first-order chi connectivity index (χ1) is 21.5. The minimum Gasteiger partial charge on any atom is -0.497 e. The van der Waals surface area contributed by atoms with E-state index in [2.05, 4.69) is 15.5 Å². The van der Waals surface area contributed by atoms with Crippen LogP contribution in [0.15, 0.2) is 107 Å². The van der Waals surface area contributed by atoms with E-state index in [9.17, 15) is 14.0 Å². The lowest BCUT2D eigenvalue weighted by Gasteiger charge is -2.22. The Hall–Kier alpha value is -4.81. The third kappa shape index (κ3) is 6.41. The molecule has 44 heavy (non-hydrogen) atoms. The van der Waals surface area contributed by atoms with Gasteiger partial charge < -0.3 is 10.1 Å². The van der Waals surface area contributed by atoms with Gasteiger partial charge in [-0.2, -0.15) is 5.10 Å². The maximum atomic E-state index is 13.7. The molecular formula is C32H27FN6O3S2. The van der Waals surface area contributed by atoms with Gasteiger partial charge in [0.2, 0.25) is 0 Å². The molecule has 9 nitrogen and oxygen atoms in total. The molecule has 0 radical (unpaired) electrons. The van der Waals surface area contributed by atoms with Crippen molar-refractivity contribution in [2.24, 2.45) is 5.10 Å². The molecule has 0 fully saturated rings. The summed E-state index contributed by atoms with van der Waals surface area (Å²) in [5, 5.41) is 20.3. The minimum absolute atomic E-state index is 0.0417. The Balaban J connectivity index is 1.21. The number of hydrazone groups is 1. The van der Waals surface area contributed by atoms with Gasteiger partial charge in [0.05, 0.1) is 36.0 Å². The molecule has 1 aliphatic heterocycles. The number of methoxy groups -OCH3 is 1. The fourth-order valence-electron chi connectivity index (χ4n) is 4.84. The minimum atomic E-state index is -0.352. The number of ether oxygens (including phenoxy) is 1. The molecular weight excluding hydrogens is 600 g/mol. The van der Waals surface area contributed by atoms with Gasteiger partial charge in [0.1, 0.15) is 11.6 Å². The molecule has 1 aliphatic rings. The highest BCUT2D eigenvalue weighted by Crippen LogP contribution is 2.35. The van der Waals surface area contributed by atoms with Gasteiger partial charge in [-0.3, -0.25) is 14.2 Å². The van der Waals surface area contributed by atoms with Gasteiger partial charge in [-0.25, -0.2) is 9.40 Å². The average Bonchev–Trinajstić information content (AvgIpc) is 3.83. The predicted octanol–water partition coefficient (Wildman–Crippen LogP) is 5.88. The Morgan fingerprint density at radius 2 is 1.84 bits per heavy atom. The number of nitrogens with one attached hydrogen (secondary N) is 1. The molecule has 2 aromatic heterocycles. The molecule has 3 aromatic carbocycles. The molecule has 0 saturated carbocycles. The molecule has 0 unspecified atom stereocenters. The van der Waals surface area contributed by atoms with Crippen molar-refractivity contribution in [1.82, 2.24) is 25.1 Å². The monoisotopic (exact) mass is 626 g/mol. The van der Waals surface area contributed by atoms with Crippen molar-refractivity contribution in [2.75, 3.05) is 12.9 Å². The number of carbonyl (C=O) groups is 2. The predicted molar refractivity (Wildman–Crippen MR) is 168 cm³/mol. The van der Waals surface area contributed by atoms with Crippen LogP contribution < -0.4 is 10.1 Å². The number of thiophene rings is 1. The van der Waals surface area contributed by atoms with E-state index in [-0.39, 0.29) is 36.0 Å². The smallest absolute Gasteiger partial charge is 0.253 e. The highest BCUT2D eigenvalue weighted by atomic mass is 32.2. The van der Waals surface area contributed by atoms with Crippen LogP contribution in [0.1, 0.15) is 39.1 Å². The average molecular weight is 627 g/mol. The van der Waals surface area contributed by atoms with Crippen LogP contribution in [-0.4, -0.2) is 50.2 Å². The Bertz CT molecular complexity index is 1790. The highest BCUT2D eigenvalue weighted by molar-refractivity contribution is 7.99. The summed E-state index contributed by atoms with van der Waals surface area (Å²) in [5.41, 5.74) is 2.87. The van der Waals surface area contributed by atoms with Crippen LogP contribution in [0.3, 0.4) is 0 Å². The number of carbonyl (C=O) groups excluding carboxylic acids is 2. The van der Waals surface area contributed by atoms with Crippen molar-refractivity contribution in [3.63, 3.8) is 0 Å². The number of benzene rings is 3. The lowest BCUT2D eigenvalue weighted by Crippen LogP contribution is -2.28. The summed E-state index contributed by atoms with van der Waals surface area (Å²) in [6.07, 6.45) is 0.528. The zero-order valence-electron chi connectivity index (χ0n) is 23.6. The largest absolute Gasteiger partial charge is 0.497 e. The molecule has 12 heteroatoms. The van der Waals surface area contributed by atoms with Crippen molar-refractivity contribution in [2.45, 2.75) is 24.2 Å². The maximum absolute atomic E-state index is 13.7. The second kappa shape index (κ2) is 13.2. The SMILES string of the molecule is COc1cccc(C(=O)NCc2nnc(SCC(=O)N3N=C(c4cccs4)C[C@H]3c3ccc(F)cc3)n2-c2ccccc2)c1. The Labute approximate surface area is 261 Å². The van der Waals surface area contributed by atoms with E-state index < -0.39 is 0 Å². The Morgan fingerprint density at radius 1 is 1.02 bits per heavy atom. The molecule has 0 aliphatic carbocycles. The summed E-state index contributed by atoms with van der Waals surface area (Å²) in [6.45, 7) is 0.111. The number of hydrogen-bond donors (Lipinski definition) is 1. The molecule has 6 rings (SSSR count). The molecule has 3 heterocycles. The van der Waals surface area contributed by atoms with Crippen LogP contribution in [0.2, 0.25) is 0 Å². The van der Waals surface area contributed by atoms with Gasteiger partial charge in [-0.1, -0.05) is 54.2 Å². The van der Waals surface area contributed by atoms with Gasteiger partial charge in [0, 0.05) is 17.7 Å². The Morgan fingerprint density at radius 3 is 2.59 bits per heavy atom. The zero-order valence-corrected chi connectivity index (χ0v) is 25.2.